The minimum atomic E-state index is -0.0991. The molecule has 4 rings (SSSR count). The molecular weight excluding hydrogens is 328 g/mol. The Morgan fingerprint density at radius 1 is 1.04 bits per heavy atom. The van der Waals surface area contributed by atoms with Crippen LogP contribution in [0, 0.1) is 0 Å². The molecule has 0 spiro atoms. The molecule has 0 radical (unpaired) electrons. The van der Waals surface area contributed by atoms with E-state index in [1.807, 2.05) is 30.3 Å². The molecule has 0 saturated heterocycles. The molecule has 2 N–H and O–H groups in total. The molecule has 132 valence electrons. The number of nitrogens with one attached hydrogen (secondary N) is 2. The monoisotopic (exact) mass is 348 g/mol. The molecular formula is C19H20N6O. The fourth-order valence-corrected chi connectivity index (χ4v) is 3.24. The van der Waals surface area contributed by atoms with Gasteiger partial charge in [0.25, 0.3) is 0 Å². The number of azo groups is 1. The van der Waals surface area contributed by atoms with E-state index in [0.29, 0.717) is 17.1 Å². The van der Waals surface area contributed by atoms with Gasteiger partial charge >= 0.3 is 0 Å². The van der Waals surface area contributed by atoms with E-state index in [2.05, 4.69) is 57.8 Å². The quantitative estimate of drug-likeness (QED) is 0.653. The van der Waals surface area contributed by atoms with Gasteiger partial charge in [-0.25, -0.2) is 0 Å². The standard InChI is InChI=1S/C19H20N6O/c1-11-10-19(2,3)20-15-9-18(26-4)17(8-13(11)15)22-21-12-5-6-14-16(7-12)24-25-23-14/h5-10,20H,1-4H3,(H,23,24,25). The Morgan fingerprint density at radius 2 is 1.85 bits per heavy atom. The predicted molar refractivity (Wildman–Crippen MR) is 102 cm³/mol. The second-order valence-corrected chi connectivity index (χ2v) is 6.94. The van der Waals surface area contributed by atoms with Crippen molar-refractivity contribution < 1.29 is 4.74 Å². The van der Waals surface area contributed by atoms with E-state index in [1.165, 1.54) is 5.57 Å². The summed E-state index contributed by atoms with van der Waals surface area (Å²) in [6.45, 7) is 6.38. The van der Waals surface area contributed by atoms with Crippen LogP contribution in [0.15, 0.2) is 46.6 Å². The van der Waals surface area contributed by atoms with Crippen LogP contribution >= 0.6 is 0 Å². The Bertz CT molecular complexity index is 1050. The first-order valence-electron chi connectivity index (χ1n) is 8.37. The second-order valence-electron chi connectivity index (χ2n) is 6.94. The fourth-order valence-electron chi connectivity index (χ4n) is 3.24. The number of aromatic amines is 1. The lowest BCUT2D eigenvalue weighted by Crippen LogP contribution is -2.31. The van der Waals surface area contributed by atoms with E-state index in [1.54, 1.807) is 7.11 Å². The summed E-state index contributed by atoms with van der Waals surface area (Å²) in [4.78, 5) is 0. The summed E-state index contributed by atoms with van der Waals surface area (Å²) in [6.07, 6.45) is 2.21. The third kappa shape index (κ3) is 2.92. The summed E-state index contributed by atoms with van der Waals surface area (Å²) in [6, 6.07) is 9.52. The molecule has 0 bridgehead atoms. The summed E-state index contributed by atoms with van der Waals surface area (Å²) in [7, 11) is 1.64. The summed E-state index contributed by atoms with van der Waals surface area (Å²) >= 11 is 0. The van der Waals surface area contributed by atoms with Crippen LogP contribution in [-0.4, -0.2) is 28.1 Å². The first-order valence-corrected chi connectivity index (χ1v) is 8.37. The van der Waals surface area contributed by atoms with Crippen LogP contribution in [0.2, 0.25) is 0 Å². The molecule has 26 heavy (non-hydrogen) atoms. The molecule has 0 amide bonds. The molecule has 2 heterocycles. The lowest BCUT2D eigenvalue weighted by atomic mass is 9.91. The molecule has 1 aliphatic heterocycles. The first kappa shape index (κ1) is 16.3. The topological polar surface area (TPSA) is 87.6 Å². The van der Waals surface area contributed by atoms with Crippen LogP contribution in [0.4, 0.5) is 17.1 Å². The second kappa shape index (κ2) is 5.94. The van der Waals surface area contributed by atoms with E-state index in [-0.39, 0.29) is 5.54 Å². The van der Waals surface area contributed by atoms with E-state index >= 15 is 0 Å². The average Bonchev–Trinajstić information content (AvgIpc) is 3.06. The number of H-pyrrole nitrogens is 1. The number of nitrogens with zero attached hydrogens (tertiary/aromatic N) is 4. The number of hydrogen-bond acceptors (Lipinski definition) is 6. The van der Waals surface area contributed by atoms with E-state index in [9.17, 15) is 0 Å². The number of anilines is 1. The lowest BCUT2D eigenvalue weighted by molar-refractivity contribution is 0.416. The lowest BCUT2D eigenvalue weighted by Gasteiger charge is -2.31. The maximum atomic E-state index is 5.52. The minimum absolute atomic E-state index is 0.0991. The number of hydrogen-bond donors (Lipinski definition) is 2. The van der Waals surface area contributed by atoms with Gasteiger partial charge in [0.05, 0.1) is 18.3 Å². The zero-order valence-corrected chi connectivity index (χ0v) is 15.2. The van der Waals surface area contributed by atoms with Crippen molar-refractivity contribution in [3.05, 3.63) is 42.0 Å². The summed E-state index contributed by atoms with van der Waals surface area (Å²) < 4.78 is 5.52. The average molecular weight is 348 g/mol. The third-order valence-corrected chi connectivity index (χ3v) is 4.35. The third-order valence-electron chi connectivity index (χ3n) is 4.35. The molecule has 0 atom stereocenters. The molecule has 3 aromatic rings. The fraction of sp³-hybridized carbons (Fsp3) is 0.263. The van der Waals surface area contributed by atoms with Crippen molar-refractivity contribution >= 4 is 33.7 Å². The van der Waals surface area contributed by atoms with Crippen molar-refractivity contribution in [2.75, 3.05) is 12.4 Å². The van der Waals surface area contributed by atoms with Gasteiger partial charge in [-0.2, -0.15) is 20.5 Å². The van der Waals surface area contributed by atoms with E-state index in [4.69, 9.17) is 4.74 Å². The first-order chi connectivity index (χ1) is 12.4. The zero-order chi connectivity index (χ0) is 18.3. The summed E-state index contributed by atoms with van der Waals surface area (Å²) in [5, 5.41) is 23.0. The highest BCUT2D eigenvalue weighted by Crippen LogP contribution is 2.41. The molecule has 0 unspecified atom stereocenters. The molecule has 0 fully saturated rings. The molecule has 1 aromatic heterocycles. The van der Waals surface area contributed by atoms with Crippen molar-refractivity contribution in [1.29, 1.82) is 0 Å². The van der Waals surface area contributed by atoms with Gasteiger partial charge in [0.1, 0.15) is 22.5 Å². The van der Waals surface area contributed by atoms with Gasteiger partial charge in [0.15, 0.2) is 0 Å². The SMILES string of the molecule is COc1cc2c(cc1N=Nc1ccc3n[nH]nc3c1)C(C)=CC(C)(C)N2. The maximum absolute atomic E-state index is 5.52. The molecule has 7 heteroatoms. The Labute approximate surface area is 151 Å². The van der Waals surface area contributed by atoms with Crippen LogP contribution in [-0.2, 0) is 0 Å². The van der Waals surface area contributed by atoms with Crippen molar-refractivity contribution in [3.63, 3.8) is 0 Å². The van der Waals surface area contributed by atoms with Crippen molar-refractivity contribution in [2.24, 2.45) is 10.2 Å². The van der Waals surface area contributed by atoms with Crippen molar-refractivity contribution in [2.45, 2.75) is 26.3 Å². The van der Waals surface area contributed by atoms with E-state index in [0.717, 1.165) is 22.3 Å². The minimum Gasteiger partial charge on any atom is -0.494 e. The summed E-state index contributed by atoms with van der Waals surface area (Å²) in [5.74, 6) is 0.674. The van der Waals surface area contributed by atoms with Crippen LogP contribution < -0.4 is 10.1 Å². The Hall–Kier alpha value is -3.22. The van der Waals surface area contributed by atoms with Gasteiger partial charge in [-0.15, -0.1) is 5.11 Å². The largest absolute Gasteiger partial charge is 0.494 e. The van der Waals surface area contributed by atoms with Gasteiger partial charge in [0, 0.05) is 17.3 Å². The van der Waals surface area contributed by atoms with Crippen LogP contribution in [0.3, 0.4) is 0 Å². The number of ether oxygens (including phenoxy) is 1. The van der Waals surface area contributed by atoms with Gasteiger partial charge in [-0.1, -0.05) is 6.08 Å². The van der Waals surface area contributed by atoms with Gasteiger partial charge in [-0.05, 0) is 50.6 Å². The number of allylic oxidation sites excluding steroid dienone is 1. The van der Waals surface area contributed by atoms with Gasteiger partial charge in [0.2, 0.25) is 0 Å². The number of methoxy groups -OCH3 is 1. The highest BCUT2D eigenvalue weighted by molar-refractivity contribution is 5.84. The normalized spacial score (nSPS) is 15.6. The number of fused-ring (bicyclic) bond motifs is 2. The smallest absolute Gasteiger partial charge is 0.148 e. The highest BCUT2D eigenvalue weighted by atomic mass is 16.5. The Morgan fingerprint density at radius 3 is 2.65 bits per heavy atom. The van der Waals surface area contributed by atoms with Gasteiger partial charge in [-0.3, -0.25) is 0 Å². The molecule has 2 aromatic carbocycles. The number of aromatic nitrogens is 3. The number of rotatable bonds is 3. The maximum Gasteiger partial charge on any atom is 0.148 e. The van der Waals surface area contributed by atoms with Crippen molar-refractivity contribution in [3.8, 4) is 5.75 Å². The molecule has 1 aliphatic rings. The molecule has 7 nitrogen and oxygen atoms in total. The molecule has 0 aliphatic carbocycles. The zero-order valence-electron chi connectivity index (χ0n) is 15.2. The summed E-state index contributed by atoms with van der Waals surface area (Å²) in [5.41, 5.74) is 6.18. The number of benzene rings is 2. The van der Waals surface area contributed by atoms with Crippen LogP contribution in [0.5, 0.6) is 5.75 Å². The Balaban J connectivity index is 1.73. The molecule has 0 saturated carbocycles. The van der Waals surface area contributed by atoms with Crippen molar-refractivity contribution in [1.82, 2.24) is 15.4 Å². The van der Waals surface area contributed by atoms with Crippen LogP contribution in [0.1, 0.15) is 26.3 Å². The highest BCUT2D eigenvalue weighted by Gasteiger charge is 2.24. The Kier molecular flexibility index (Phi) is 3.72. The van der Waals surface area contributed by atoms with Gasteiger partial charge < -0.3 is 10.1 Å². The van der Waals surface area contributed by atoms with Crippen LogP contribution in [0.25, 0.3) is 16.6 Å². The predicted octanol–water partition coefficient (Wildman–Crippen LogP) is 4.99. The van der Waals surface area contributed by atoms with E-state index < -0.39 is 0 Å².